The van der Waals surface area contributed by atoms with Crippen molar-refractivity contribution < 1.29 is 24.3 Å². The first-order valence-corrected chi connectivity index (χ1v) is 9.18. The van der Waals surface area contributed by atoms with Crippen LogP contribution < -0.4 is 4.90 Å². The quantitative estimate of drug-likeness (QED) is 0.858. The molecule has 1 aromatic carbocycles. The van der Waals surface area contributed by atoms with E-state index in [4.69, 9.17) is 4.74 Å². The number of quaternary nitrogens is 1. The minimum Gasteiger partial charge on any atom is -0.481 e. The molecule has 0 radical (unpaired) electrons. The van der Waals surface area contributed by atoms with Gasteiger partial charge in [0, 0.05) is 6.42 Å². The van der Waals surface area contributed by atoms with Gasteiger partial charge in [0.1, 0.15) is 18.6 Å². The number of carboxylic acids is 1. The van der Waals surface area contributed by atoms with E-state index in [0.29, 0.717) is 13.1 Å². The third kappa shape index (κ3) is 4.51. The minimum atomic E-state index is -0.665. The van der Waals surface area contributed by atoms with Crippen molar-refractivity contribution in [2.45, 2.75) is 38.3 Å². The zero-order chi connectivity index (χ0) is 17.6. The van der Waals surface area contributed by atoms with E-state index in [1.165, 1.54) is 4.90 Å². The van der Waals surface area contributed by atoms with Crippen LogP contribution in [0, 0.1) is 5.92 Å². The summed E-state index contributed by atoms with van der Waals surface area (Å²) in [5, 5.41) is 9.46. The topological polar surface area (TPSA) is 71.3 Å². The van der Waals surface area contributed by atoms with Gasteiger partial charge in [-0.15, -0.1) is 0 Å². The van der Waals surface area contributed by atoms with Gasteiger partial charge < -0.3 is 14.7 Å². The molecule has 1 amide bonds. The molecule has 0 bridgehead atoms. The van der Waals surface area contributed by atoms with Crippen molar-refractivity contribution in [3.63, 3.8) is 0 Å². The van der Waals surface area contributed by atoms with E-state index >= 15 is 0 Å². The number of carbonyl (C=O) groups is 2. The first-order chi connectivity index (χ1) is 12.1. The number of piperazine rings is 1. The number of ether oxygens (including phenoxy) is 1. The zero-order valence-electron chi connectivity index (χ0n) is 14.5. The van der Waals surface area contributed by atoms with Crippen LogP contribution in [0.4, 0.5) is 4.79 Å². The third-order valence-electron chi connectivity index (χ3n) is 5.48. The summed E-state index contributed by atoms with van der Waals surface area (Å²) >= 11 is 0. The number of nitrogens with zero attached hydrogens (tertiary/aromatic N) is 1. The zero-order valence-corrected chi connectivity index (χ0v) is 14.5. The number of hydrogen-bond acceptors (Lipinski definition) is 3. The van der Waals surface area contributed by atoms with E-state index in [-0.39, 0.29) is 24.7 Å². The molecule has 2 fully saturated rings. The Balaban J connectivity index is 1.47. The molecule has 25 heavy (non-hydrogen) atoms. The van der Waals surface area contributed by atoms with Gasteiger partial charge in [0.25, 0.3) is 0 Å². The van der Waals surface area contributed by atoms with Crippen LogP contribution in [0.5, 0.6) is 0 Å². The van der Waals surface area contributed by atoms with Gasteiger partial charge in [0.05, 0.1) is 26.2 Å². The molecule has 6 heteroatoms. The number of carboxylic acid groups (broad SMARTS) is 1. The van der Waals surface area contributed by atoms with Gasteiger partial charge >= 0.3 is 12.1 Å². The molecule has 2 N–H and O–H groups in total. The summed E-state index contributed by atoms with van der Waals surface area (Å²) in [5.74, 6) is -0.901. The third-order valence-corrected chi connectivity index (χ3v) is 5.48. The Morgan fingerprint density at radius 2 is 1.80 bits per heavy atom. The predicted octanol–water partition coefficient (Wildman–Crippen LogP) is 1.17. The minimum absolute atomic E-state index is 0.189. The second kappa shape index (κ2) is 8.34. The SMILES string of the molecule is O=C(O)[C@@H]1CCCC[C@H]1[NH+]1CCN(C(=O)OCc2ccccc2)CC1. The number of amides is 1. The van der Waals surface area contributed by atoms with Gasteiger partial charge in [-0.25, -0.2) is 4.79 Å². The molecule has 2 atom stereocenters. The Kier molecular flexibility index (Phi) is 5.91. The molecule has 1 aliphatic carbocycles. The summed E-state index contributed by atoms with van der Waals surface area (Å²) in [6.07, 6.45) is 3.61. The Morgan fingerprint density at radius 3 is 2.48 bits per heavy atom. The van der Waals surface area contributed by atoms with Gasteiger partial charge in [-0.05, 0) is 18.4 Å². The molecule has 136 valence electrons. The summed E-state index contributed by atoms with van der Waals surface area (Å²) in [7, 11) is 0. The van der Waals surface area contributed by atoms with E-state index in [9.17, 15) is 14.7 Å². The lowest BCUT2D eigenvalue weighted by Crippen LogP contribution is -3.19. The average Bonchev–Trinajstić information content (AvgIpc) is 2.67. The standard InChI is InChI=1S/C19H26N2O4/c22-18(23)16-8-4-5-9-17(16)20-10-12-21(13-11-20)19(24)25-14-15-6-2-1-3-7-15/h1-3,6-7,16-17H,4-5,8-14H2,(H,22,23)/p+1/t16-,17-/m1/s1. The number of hydrogen-bond donors (Lipinski definition) is 2. The Labute approximate surface area is 148 Å². The smallest absolute Gasteiger partial charge is 0.410 e. The number of nitrogens with one attached hydrogen (secondary N) is 1. The molecule has 1 aromatic rings. The van der Waals surface area contributed by atoms with Gasteiger partial charge in [0.15, 0.2) is 0 Å². The second-order valence-electron chi connectivity index (χ2n) is 7.02. The lowest BCUT2D eigenvalue weighted by Gasteiger charge is -2.39. The number of carbonyl (C=O) groups excluding carboxylic acids is 1. The van der Waals surface area contributed by atoms with Crippen molar-refractivity contribution in [2.75, 3.05) is 26.2 Å². The normalized spacial score (nSPS) is 24.7. The molecular formula is C19H27N2O4+. The Bertz CT molecular complexity index is 584. The molecule has 0 aromatic heterocycles. The summed E-state index contributed by atoms with van der Waals surface area (Å²) in [6.45, 7) is 3.15. The highest BCUT2D eigenvalue weighted by Crippen LogP contribution is 2.23. The van der Waals surface area contributed by atoms with Gasteiger partial charge in [-0.2, -0.15) is 0 Å². The predicted molar refractivity (Wildman–Crippen MR) is 92.3 cm³/mol. The van der Waals surface area contributed by atoms with E-state index in [0.717, 1.165) is 44.3 Å². The van der Waals surface area contributed by atoms with Crippen LogP contribution in [-0.4, -0.2) is 54.3 Å². The maximum atomic E-state index is 12.2. The van der Waals surface area contributed by atoms with Crippen LogP contribution in [0.2, 0.25) is 0 Å². The van der Waals surface area contributed by atoms with Crippen molar-refractivity contribution in [3.05, 3.63) is 35.9 Å². The van der Waals surface area contributed by atoms with Crippen LogP contribution in [0.3, 0.4) is 0 Å². The Morgan fingerprint density at radius 1 is 1.12 bits per heavy atom. The molecular weight excluding hydrogens is 320 g/mol. The highest BCUT2D eigenvalue weighted by molar-refractivity contribution is 5.70. The number of aliphatic carboxylic acids is 1. The number of benzene rings is 1. The van der Waals surface area contributed by atoms with Crippen LogP contribution in [0.15, 0.2) is 30.3 Å². The van der Waals surface area contributed by atoms with E-state index in [1.807, 2.05) is 30.3 Å². The van der Waals surface area contributed by atoms with Gasteiger partial charge in [-0.1, -0.05) is 36.8 Å². The maximum Gasteiger partial charge on any atom is 0.410 e. The molecule has 1 heterocycles. The Hall–Kier alpha value is -2.08. The van der Waals surface area contributed by atoms with Crippen molar-refractivity contribution in [2.24, 2.45) is 5.92 Å². The van der Waals surface area contributed by atoms with Gasteiger partial charge in [0.2, 0.25) is 0 Å². The number of rotatable bonds is 4. The molecule has 0 unspecified atom stereocenters. The van der Waals surface area contributed by atoms with Crippen LogP contribution in [-0.2, 0) is 16.1 Å². The molecule has 1 saturated carbocycles. The van der Waals surface area contributed by atoms with E-state index in [1.54, 1.807) is 4.90 Å². The summed E-state index contributed by atoms with van der Waals surface area (Å²) in [6, 6.07) is 9.84. The van der Waals surface area contributed by atoms with Crippen molar-refractivity contribution >= 4 is 12.1 Å². The van der Waals surface area contributed by atoms with Gasteiger partial charge in [-0.3, -0.25) is 9.69 Å². The summed E-state index contributed by atoms with van der Waals surface area (Å²) in [4.78, 5) is 26.8. The molecule has 1 saturated heterocycles. The van der Waals surface area contributed by atoms with Crippen LogP contribution in [0.1, 0.15) is 31.2 Å². The van der Waals surface area contributed by atoms with E-state index in [2.05, 4.69) is 0 Å². The second-order valence-corrected chi connectivity index (χ2v) is 7.02. The monoisotopic (exact) mass is 347 g/mol. The fourth-order valence-electron chi connectivity index (χ4n) is 4.07. The maximum absolute atomic E-state index is 12.2. The average molecular weight is 347 g/mol. The molecule has 6 nitrogen and oxygen atoms in total. The first-order valence-electron chi connectivity index (χ1n) is 9.18. The van der Waals surface area contributed by atoms with Crippen LogP contribution >= 0.6 is 0 Å². The summed E-state index contributed by atoms with van der Waals surface area (Å²) < 4.78 is 5.39. The van der Waals surface area contributed by atoms with Crippen molar-refractivity contribution in [1.82, 2.24) is 4.90 Å². The molecule has 1 aliphatic heterocycles. The molecule has 2 aliphatic rings. The highest BCUT2D eigenvalue weighted by Gasteiger charge is 2.39. The first kappa shape index (κ1) is 17.7. The lowest BCUT2D eigenvalue weighted by atomic mass is 9.83. The molecule has 0 spiro atoms. The fraction of sp³-hybridized carbons (Fsp3) is 0.579. The summed E-state index contributed by atoms with van der Waals surface area (Å²) in [5.41, 5.74) is 0.978. The fourth-order valence-corrected chi connectivity index (χ4v) is 4.07. The lowest BCUT2D eigenvalue weighted by molar-refractivity contribution is -0.933. The van der Waals surface area contributed by atoms with E-state index < -0.39 is 5.97 Å². The van der Waals surface area contributed by atoms with Crippen molar-refractivity contribution in [1.29, 1.82) is 0 Å². The largest absolute Gasteiger partial charge is 0.481 e. The highest BCUT2D eigenvalue weighted by atomic mass is 16.6. The molecule has 3 rings (SSSR count). The van der Waals surface area contributed by atoms with Crippen LogP contribution in [0.25, 0.3) is 0 Å². The van der Waals surface area contributed by atoms with Crippen molar-refractivity contribution in [3.8, 4) is 0 Å².